The number of benzene rings is 6. The van der Waals surface area contributed by atoms with Gasteiger partial charge in [0.05, 0.1) is 5.41 Å². The van der Waals surface area contributed by atoms with Crippen molar-refractivity contribution in [3.63, 3.8) is 0 Å². The van der Waals surface area contributed by atoms with Crippen molar-refractivity contribution in [3.05, 3.63) is 203 Å². The molecule has 2 aliphatic rings. The summed E-state index contributed by atoms with van der Waals surface area (Å²) >= 11 is 0. The van der Waals surface area contributed by atoms with Crippen LogP contribution in [0.1, 0.15) is 47.2 Å². The lowest BCUT2D eigenvalue weighted by Gasteiger charge is -2.46. The molecule has 0 radical (unpaired) electrons. The van der Waals surface area contributed by atoms with Crippen LogP contribution in [0.25, 0.3) is 56.5 Å². The fraction of sp³-hybridized carbons (Fsp3) is 0.0833. The number of hydrogen-bond donors (Lipinski definition) is 0. The summed E-state index contributed by atoms with van der Waals surface area (Å²) in [6.07, 6.45) is 1.77. The molecule has 4 nitrogen and oxygen atoms in total. The molecule has 246 valence electrons. The molecule has 0 amide bonds. The van der Waals surface area contributed by atoms with E-state index in [9.17, 15) is 0 Å². The molecule has 0 saturated heterocycles. The summed E-state index contributed by atoms with van der Waals surface area (Å²) in [4.78, 5) is 19.6. The van der Waals surface area contributed by atoms with Gasteiger partial charge in [0.25, 0.3) is 0 Å². The summed E-state index contributed by atoms with van der Waals surface area (Å²) < 4.78 is 0. The Balaban J connectivity index is 1.21. The van der Waals surface area contributed by atoms with E-state index >= 15 is 0 Å². The summed E-state index contributed by atoms with van der Waals surface area (Å²) in [6.45, 7) is 4.74. The minimum absolute atomic E-state index is 0.256. The van der Waals surface area contributed by atoms with E-state index in [2.05, 4.69) is 134 Å². The number of nitrogens with zero attached hydrogens (tertiary/aromatic N) is 4. The van der Waals surface area contributed by atoms with Crippen LogP contribution in [0.2, 0.25) is 0 Å². The third-order valence-corrected chi connectivity index (χ3v) is 11.1. The Morgan fingerprint density at radius 3 is 1.60 bits per heavy atom. The third kappa shape index (κ3) is 4.34. The average molecular weight is 667 g/mol. The molecule has 10 rings (SSSR count). The topological polar surface area (TPSA) is 51.6 Å². The van der Waals surface area contributed by atoms with Crippen molar-refractivity contribution in [2.24, 2.45) is 0 Å². The molecule has 6 aromatic carbocycles. The Labute approximate surface area is 303 Å². The van der Waals surface area contributed by atoms with Crippen LogP contribution in [0.3, 0.4) is 0 Å². The zero-order chi connectivity index (χ0) is 34.9. The van der Waals surface area contributed by atoms with Crippen molar-refractivity contribution in [1.29, 1.82) is 0 Å². The summed E-state index contributed by atoms with van der Waals surface area (Å²) in [6, 6.07) is 58.5. The van der Waals surface area contributed by atoms with Crippen LogP contribution in [0.15, 0.2) is 170 Å². The van der Waals surface area contributed by atoms with Crippen LogP contribution in [-0.2, 0) is 10.8 Å². The molecule has 8 aromatic rings. The van der Waals surface area contributed by atoms with Crippen molar-refractivity contribution in [2.45, 2.75) is 24.7 Å². The van der Waals surface area contributed by atoms with Crippen LogP contribution < -0.4 is 0 Å². The number of rotatable bonds is 4. The molecular weight excluding hydrogens is 633 g/mol. The molecule has 0 aliphatic heterocycles. The zero-order valence-electron chi connectivity index (χ0n) is 29.0. The molecule has 0 unspecified atom stereocenters. The Hall–Kier alpha value is -6.52. The van der Waals surface area contributed by atoms with Gasteiger partial charge in [-0.15, -0.1) is 0 Å². The minimum Gasteiger partial charge on any atom is -0.253 e. The van der Waals surface area contributed by atoms with E-state index in [0.29, 0.717) is 23.2 Å². The lowest BCUT2D eigenvalue weighted by atomic mass is 9.55. The molecule has 0 bridgehead atoms. The molecule has 4 heteroatoms. The third-order valence-electron chi connectivity index (χ3n) is 11.1. The van der Waals surface area contributed by atoms with Crippen molar-refractivity contribution in [3.8, 4) is 56.5 Å². The van der Waals surface area contributed by atoms with E-state index < -0.39 is 5.41 Å². The summed E-state index contributed by atoms with van der Waals surface area (Å²) in [5.41, 5.74) is 14.7. The van der Waals surface area contributed by atoms with Gasteiger partial charge in [-0.25, -0.2) is 15.0 Å². The second-order valence-electron chi connectivity index (χ2n) is 14.2. The van der Waals surface area contributed by atoms with Crippen molar-refractivity contribution < 1.29 is 0 Å². The normalized spacial score (nSPS) is 14.3. The summed E-state index contributed by atoms with van der Waals surface area (Å²) in [5.74, 6) is 1.77. The molecule has 2 heterocycles. The van der Waals surface area contributed by atoms with Gasteiger partial charge in [-0.1, -0.05) is 159 Å². The maximum atomic E-state index is 5.09. The van der Waals surface area contributed by atoms with Crippen molar-refractivity contribution >= 4 is 0 Å². The van der Waals surface area contributed by atoms with Gasteiger partial charge in [0, 0.05) is 22.7 Å². The van der Waals surface area contributed by atoms with E-state index in [1.165, 1.54) is 44.5 Å². The maximum absolute atomic E-state index is 5.09. The first kappa shape index (κ1) is 30.3. The number of aromatic nitrogens is 4. The predicted molar refractivity (Wildman–Crippen MR) is 209 cm³/mol. The summed E-state index contributed by atoms with van der Waals surface area (Å²) in [5, 5.41) is 0. The molecule has 0 atom stereocenters. The van der Waals surface area contributed by atoms with Gasteiger partial charge in [-0.3, -0.25) is 4.98 Å². The molecule has 52 heavy (non-hydrogen) atoms. The second-order valence-corrected chi connectivity index (χ2v) is 14.2. The van der Waals surface area contributed by atoms with Crippen LogP contribution in [0, 0.1) is 0 Å². The molecule has 2 aromatic heterocycles. The first-order valence-corrected chi connectivity index (χ1v) is 17.8. The molecule has 0 N–H and O–H groups in total. The SMILES string of the molecule is CC1(C)c2ccccc2C2(c3ccccc3-c3ccccc32)c2ccc(-c3ccccc3-c3nc(-c4ccccc4)nc(-c4ccccn4)n3)cc21. The second kappa shape index (κ2) is 11.5. The van der Waals surface area contributed by atoms with E-state index in [0.717, 1.165) is 22.3 Å². The lowest BCUT2D eigenvalue weighted by Crippen LogP contribution is -2.40. The van der Waals surface area contributed by atoms with Crippen LogP contribution in [0.4, 0.5) is 0 Å². The standard InChI is InChI=1S/C48H34N4/c1-47(2)39-24-12-13-25-40(39)48(37-22-10-8-19-34(37)35-20-9-11-23-38(35)48)41-28-27-32(30-42(41)47)33-18-6-7-21-36(33)45-50-44(31-16-4-3-5-17-31)51-46(52-45)43-26-14-15-29-49-43/h3-30H,1-2H3. The first-order valence-electron chi connectivity index (χ1n) is 17.8. The minimum atomic E-state index is -0.428. The molecule has 0 saturated carbocycles. The quantitative estimate of drug-likeness (QED) is 0.188. The van der Waals surface area contributed by atoms with E-state index in [1.54, 1.807) is 6.20 Å². The molecule has 1 spiro atoms. The van der Waals surface area contributed by atoms with Gasteiger partial charge in [0.2, 0.25) is 0 Å². The van der Waals surface area contributed by atoms with Gasteiger partial charge in [0.15, 0.2) is 17.5 Å². The number of pyridine rings is 1. The van der Waals surface area contributed by atoms with E-state index in [1.807, 2.05) is 48.5 Å². The highest BCUT2D eigenvalue weighted by atomic mass is 15.0. The van der Waals surface area contributed by atoms with Crippen LogP contribution in [0.5, 0.6) is 0 Å². The van der Waals surface area contributed by atoms with Gasteiger partial charge >= 0.3 is 0 Å². The highest BCUT2D eigenvalue weighted by molar-refractivity contribution is 5.89. The Morgan fingerprint density at radius 1 is 0.365 bits per heavy atom. The smallest absolute Gasteiger partial charge is 0.182 e. The fourth-order valence-electron chi connectivity index (χ4n) is 8.77. The van der Waals surface area contributed by atoms with Gasteiger partial charge < -0.3 is 0 Å². The van der Waals surface area contributed by atoms with Crippen LogP contribution >= 0.6 is 0 Å². The highest BCUT2D eigenvalue weighted by Crippen LogP contribution is 2.62. The van der Waals surface area contributed by atoms with E-state index in [-0.39, 0.29) is 5.41 Å². The lowest BCUT2D eigenvalue weighted by molar-refractivity contribution is 0.563. The van der Waals surface area contributed by atoms with Crippen molar-refractivity contribution in [2.75, 3.05) is 0 Å². The molecule has 0 fully saturated rings. The predicted octanol–water partition coefficient (Wildman–Crippen LogP) is 10.9. The average Bonchev–Trinajstić information content (AvgIpc) is 3.51. The molecule has 2 aliphatic carbocycles. The van der Waals surface area contributed by atoms with Crippen molar-refractivity contribution in [1.82, 2.24) is 19.9 Å². The van der Waals surface area contributed by atoms with E-state index in [4.69, 9.17) is 15.0 Å². The monoisotopic (exact) mass is 666 g/mol. The van der Waals surface area contributed by atoms with Gasteiger partial charge in [-0.2, -0.15) is 0 Å². The van der Waals surface area contributed by atoms with Gasteiger partial charge in [0.1, 0.15) is 5.69 Å². The Morgan fingerprint density at radius 2 is 0.904 bits per heavy atom. The Kier molecular flexibility index (Phi) is 6.71. The fourth-order valence-corrected chi connectivity index (χ4v) is 8.77. The van der Waals surface area contributed by atoms with Gasteiger partial charge in [-0.05, 0) is 73.8 Å². The number of fused-ring (bicyclic) bond motifs is 9. The summed E-state index contributed by atoms with van der Waals surface area (Å²) in [7, 11) is 0. The zero-order valence-corrected chi connectivity index (χ0v) is 29.0. The Bertz CT molecular complexity index is 2560. The maximum Gasteiger partial charge on any atom is 0.182 e. The molecular formula is C48H34N4. The highest BCUT2D eigenvalue weighted by Gasteiger charge is 2.53. The first-order chi connectivity index (χ1) is 25.5. The van der Waals surface area contributed by atoms with Crippen LogP contribution in [-0.4, -0.2) is 19.9 Å². The largest absolute Gasteiger partial charge is 0.253 e. The number of hydrogen-bond acceptors (Lipinski definition) is 4.